The van der Waals surface area contributed by atoms with Gasteiger partial charge in [0.05, 0.1) is 17.6 Å². The van der Waals surface area contributed by atoms with Gasteiger partial charge in [0.2, 0.25) is 0 Å². The Morgan fingerprint density at radius 1 is 1.21 bits per heavy atom. The molecule has 0 aliphatic heterocycles. The van der Waals surface area contributed by atoms with Crippen LogP contribution in [0.1, 0.15) is 58.7 Å². The molecule has 1 rings (SSSR count). The smallest absolute Gasteiger partial charge is 0.0572 e. The van der Waals surface area contributed by atoms with Gasteiger partial charge in [-0.15, -0.1) is 0 Å². The fraction of sp³-hybridized carbons (Fsp3) is 0.688. The largest absolute Gasteiger partial charge is 0.371 e. The zero-order valence-corrected chi connectivity index (χ0v) is 13.1. The van der Waals surface area contributed by atoms with Crippen molar-refractivity contribution in [2.45, 2.75) is 59.0 Å². The van der Waals surface area contributed by atoms with E-state index in [2.05, 4.69) is 62.1 Å². The molecule has 0 amide bonds. The molecule has 0 saturated heterocycles. The van der Waals surface area contributed by atoms with Crippen LogP contribution >= 0.6 is 0 Å². The molecule has 0 aliphatic rings. The Kier molecular flexibility index (Phi) is 6.85. The number of nitrogens with one attached hydrogen (secondary N) is 1. The number of hydrogen-bond donors (Lipinski definition) is 1. The highest BCUT2D eigenvalue weighted by molar-refractivity contribution is 5.44. The molecule has 0 fully saturated rings. The van der Waals surface area contributed by atoms with Gasteiger partial charge < -0.3 is 10.2 Å². The molecule has 1 N–H and O–H groups in total. The molecule has 0 spiro atoms. The lowest BCUT2D eigenvalue weighted by molar-refractivity contribution is 0.558. The standard InChI is InChI=1S/C16H29N3/c1-6-8-13(3)19(5)15-9-10-16(18-12-15)14(4)17-11-7-2/h9-10,12-14,17H,6-8,11H2,1-5H3. The van der Waals surface area contributed by atoms with Crippen LogP contribution < -0.4 is 10.2 Å². The van der Waals surface area contributed by atoms with Gasteiger partial charge in [0.15, 0.2) is 0 Å². The van der Waals surface area contributed by atoms with Gasteiger partial charge in [0.1, 0.15) is 0 Å². The molecule has 0 bridgehead atoms. The Balaban J connectivity index is 2.65. The van der Waals surface area contributed by atoms with E-state index in [-0.39, 0.29) is 0 Å². The molecule has 2 unspecified atom stereocenters. The molecule has 19 heavy (non-hydrogen) atoms. The Bertz CT molecular complexity index is 348. The van der Waals surface area contributed by atoms with Gasteiger partial charge in [-0.05, 0) is 45.4 Å². The lowest BCUT2D eigenvalue weighted by atomic mass is 10.1. The zero-order valence-electron chi connectivity index (χ0n) is 13.1. The van der Waals surface area contributed by atoms with Gasteiger partial charge in [0.25, 0.3) is 0 Å². The van der Waals surface area contributed by atoms with Gasteiger partial charge in [-0.2, -0.15) is 0 Å². The Morgan fingerprint density at radius 3 is 2.47 bits per heavy atom. The second-order valence-corrected chi connectivity index (χ2v) is 5.37. The molecule has 1 aromatic heterocycles. The van der Waals surface area contributed by atoms with Gasteiger partial charge in [0, 0.05) is 19.1 Å². The third-order valence-electron chi connectivity index (χ3n) is 3.69. The third-order valence-corrected chi connectivity index (χ3v) is 3.69. The van der Waals surface area contributed by atoms with Crippen molar-refractivity contribution >= 4 is 5.69 Å². The summed E-state index contributed by atoms with van der Waals surface area (Å²) in [6, 6.07) is 5.21. The summed E-state index contributed by atoms with van der Waals surface area (Å²) in [6.07, 6.45) is 5.58. The molecule has 0 aliphatic carbocycles. The summed E-state index contributed by atoms with van der Waals surface area (Å²) >= 11 is 0. The molecule has 2 atom stereocenters. The highest BCUT2D eigenvalue weighted by Crippen LogP contribution is 2.18. The summed E-state index contributed by atoms with van der Waals surface area (Å²) < 4.78 is 0. The predicted molar refractivity (Wildman–Crippen MR) is 83.7 cm³/mol. The molecular formula is C16H29N3. The van der Waals surface area contributed by atoms with E-state index in [9.17, 15) is 0 Å². The highest BCUT2D eigenvalue weighted by Gasteiger charge is 2.11. The fourth-order valence-corrected chi connectivity index (χ4v) is 2.19. The molecule has 1 heterocycles. The van der Waals surface area contributed by atoms with E-state index in [1.807, 2.05) is 6.20 Å². The highest BCUT2D eigenvalue weighted by atomic mass is 15.1. The number of anilines is 1. The van der Waals surface area contributed by atoms with Crippen LogP contribution in [0.25, 0.3) is 0 Å². The topological polar surface area (TPSA) is 28.2 Å². The van der Waals surface area contributed by atoms with E-state index in [1.54, 1.807) is 0 Å². The van der Waals surface area contributed by atoms with Crippen molar-refractivity contribution in [1.82, 2.24) is 10.3 Å². The first-order chi connectivity index (χ1) is 9.10. The lowest BCUT2D eigenvalue weighted by Crippen LogP contribution is -2.28. The van der Waals surface area contributed by atoms with Gasteiger partial charge in [-0.3, -0.25) is 4.98 Å². The van der Waals surface area contributed by atoms with Crippen LogP contribution in [0.4, 0.5) is 5.69 Å². The monoisotopic (exact) mass is 263 g/mol. The van der Waals surface area contributed by atoms with Gasteiger partial charge in [-0.1, -0.05) is 20.3 Å². The van der Waals surface area contributed by atoms with Crippen molar-refractivity contribution in [2.24, 2.45) is 0 Å². The number of rotatable bonds is 8. The second kappa shape index (κ2) is 8.16. The summed E-state index contributed by atoms with van der Waals surface area (Å²) in [5, 5.41) is 3.46. The van der Waals surface area contributed by atoms with Crippen molar-refractivity contribution in [2.75, 3.05) is 18.5 Å². The summed E-state index contributed by atoms with van der Waals surface area (Å²) in [7, 11) is 2.15. The van der Waals surface area contributed by atoms with Crippen LogP contribution in [0.2, 0.25) is 0 Å². The normalized spacial score (nSPS) is 14.2. The van der Waals surface area contributed by atoms with Crippen molar-refractivity contribution < 1.29 is 0 Å². The van der Waals surface area contributed by atoms with Crippen LogP contribution in [0.3, 0.4) is 0 Å². The van der Waals surface area contributed by atoms with E-state index in [1.165, 1.54) is 18.5 Å². The van der Waals surface area contributed by atoms with E-state index >= 15 is 0 Å². The van der Waals surface area contributed by atoms with Crippen molar-refractivity contribution in [3.05, 3.63) is 24.0 Å². The van der Waals surface area contributed by atoms with Crippen molar-refractivity contribution in [3.8, 4) is 0 Å². The number of nitrogens with zero attached hydrogens (tertiary/aromatic N) is 2. The minimum Gasteiger partial charge on any atom is -0.371 e. The maximum Gasteiger partial charge on any atom is 0.0572 e. The molecule has 1 aromatic rings. The van der Waals surface area contributed by atoms with Crippen LogP contribution in [0.15, 0.2) is 18.3 Å². The quantitative estimate of drug-likeness (QED) is 0.774. The minimum atomic E-state index is 0.326. The number of hydrogen-bond acceptors (Lipinski definition) is 3. The van der Waals surface area contributed by atoms with Crippen LogP contribution in [0, 0.1) is 0 Å². The van der Waals surface area contributed by atoms with Crippen LogP contribution in [0.5, 0.6) is 0 Å². The maximum atomic E-state index is 4.59. The molecule has 108 valence electrons. The first kappa shape index (κ1) is 16.0. The molecule has 0 aromatic carbocycles. The molecule has 0 radical (unpaired) electrons. The summed E-state index contributed by atoms with van der Waals surface area (Å²) in [4.78, 5) is 6.90. The molecule has 0 saturated carbocycles. The number of aromatic nitrogens is 1. The van der Waals surface area contributed by atoms with Crippen LogP contribution in [-0.4, -0.2) is 24.6 Å². The SMILES string of the molecule is CCCNC(C)c1ccc(N(C)C(C)CCC)cn1. The Morgan fingerprint density at radius 2 is 1.95 bits per heavy atom. The van der Waals surface area contributed by atoms with E-state index in [4.69, 9.17) is 0 Å². The average molecular weight is 263 g/mol. The van der Waals surface area contributed by atoms with Gasteiger partial charge >= 0.3 is 0 Å². The molecule has 3 heteroatoms. The first-order valence-corrected chi connectivity index (χ1v) is 7.52. The van der Waals surface area contributed by atoms with Gasteiger partial charge in [-0.25, -0.2) is 0 Å². The maximum absolute atomic E-state index is 4.59. The zero-order chi connectivity index (χ0) is 14.3. The Hall–Kier alpha value is -1.09. The molecular weight excluding hydrogens is 234 g/mol. The summed E-state index contributed by atoms with van der Waals surface area (Å²) in [5.74, 6) is 0. The van der Waals surface area contributed by atoms with E-state index in [0.717, 1.165) is 18.7 Å². The first-order valence-electron chi connectivity index (χ1n) is 7.52. The average Bonchev–Trinajstić information content (AvgIpc) is 2.44. The third kappa shape index (κ3) is 4.83. The van der Waals surface area contributed by atoms with Crippen molar-refractivity contribution in [3.63, 3.8) is 0 Å². The van der Waals surface area contributed by atoms with E-state index < -0.39 is 0 Å². The summed E-state index contributed by atoms with van der Waals surface area (Å²) in [6.45, 7) is 9.88. The van der Waals surface area contributed by atoms with E-state index in [0.29, 0.717) is 12.1 Å². The van der Waals surface area contributed by atoms with Crippen LogP contribution in [-0.2, 0) is 0 Å². The predicted octanol–water partition coefficient (Wildman–Crippen LogP) is 3.77. The van der Waals surface area contributed by atoms with Crippen molar-refractivity contribution in [1.29, 1.82) is 0 Å². The lowest BCUT2D eigenvalue weighted by Gasteiger charge is -2.26. The second-order valence-electron chi connectivity index (χ2n) is 5.37. The summed E-state index contributed by atoms with van der Waals surface area (Å²) in [5.41, 5.74) is 2.32. The number of pyridine rings is 1. The Labute approximate surface area is 118 Å². The minimum absolute atomic E-state index is 0.326. The fourth-order valence-electron chi connectivity index (χ4n) is 2.19. The molecule has 3 nitrogen and oxygen atoms in total.